The second-order valence-corrected chi connectivity index (χ2v) is 9.21. The number of rotatable bonds is 5. The zero-order chi connectivity index (χ0) is 22.0. The monoisotopic (exact) mass is 445 g/mol. The Labute approximate surface area is 179 Å². The van der Waals surface area contributed by atoms with E-state index in [1.165, 1.54) is 12.3 Å². The van der Waals surface area contributed by atoms with Crippen LogP contribution in [0.4, 0.5) is 10.6 Å². The molecule has 0 saturated carbocycles. The Morgan fingerprint density at radius 2 is 1.97 bits per heavy atom. The Hall–Kier alpha value is -3.32. The maximum Gasteiger partial charge on any atom is 0.344 e. The lowest BCUT2D eigenvalue weighted by Crippen LogP contribution is -2.49. The van der Waals surface area contributed by atoms with Crippen LogP contribution >= 0.6 is 0 Å². The van der Waals surface area contributed by atoms with Crippen molar-refractivity contribution in [1.29, 1.82) is 0 Å². The van der Waals surface area contributed by atoms with Gasteiger partial charge in [-0.1, -0.05) is 17.7 Å². The van der Waals surface area contributed by atoms with Gasteiger partial charge in [-0.25, -0.2) is 13.2 Å². The lowest BCUT2D eigenvalue weighted by atomic mass is 10.0. The number of benzene rings is 1. The van der Waals surface area contributed by atoms with Crippen molar-refractivity contribution in [2.45, 2.75) is 13.5 Å². The molecule has 12 nitrogen and oxygen atoms in total. The summed E-state index contributed by atoms with van der Waals surface area (Å²) >= 11 is 0. The minimum atomic E-state index is -3.45. The van der Waals surface area contributed by atoms with Gasteiger partial charge in [-0.3, -0.25) is 9.62 Å². The number of nitrogens with zero attached hydrogens (tertiary/aromatic N) is 7. The number of carbonyl (C=O) groups excluding carboxylic acids is 1. The minimum absolute atomic E-state index is 0.114. The van der Waals surface area contributed by atoms with Crippen LogP contribution in [0.25, 0.3) is 11.4 Å². The van der Waals surface area contributed by atoms with E-state index >= 15 is 0 Å². The number of sulfonamides is 1. The molecule has 1 aliphatic rings. The third-order valence-corrected chi connectivity index (χ3v) is 5.54. The molecule has 0 unspecified atom stereocenters. The summed E-state index contributed by atoms with van der Waals surface area (Å²) in [5.41, 5.74) is 3.15. The number of nitrogens with one attached hydrogen (secondary N) is 2. The molecule has 1 saturated heterocycles. The van der Waals surface area contributed by atoms with E-state index in [0.717, 1.165) is 27.6 Å². The Balaban J connectivity index is 1.38. The van der Waals surface area contributed by atoms with Crippen LogP contribution < -0.4 is 4.72 Å². The number of H-pyrrole nitrogens is 1. The number of carbonyl (C=O) groups is 1. The van der Waals surface area contributed by atoms with Crippen LogP contribution in [0.2, 0.25) is 0 Å². The number of aryl methyl sites for hydroxylation is 1. The van der Waals surface area contributed by atoms with Crippen molar-refractivity contribution in [3.8, 4) is 11.4 Å². The third-order valence-electron chi connectivity index (χ3n) is 4.96. The molecule has 0 radical (unpaired) electrons. The quantitative estimate of drug-likeness (QED) is 0.579. The van der Waals surface area contributed by atoms with Crippen molar-refractivity contribution >= 4 is 21.9 Å². The number of aromatic nitrogens is 6. The molecule has 3 heterocycles. The second kappa shape index (κ2) is 8.43. The summed E-state index contributed by atoms with van der Waals surface area (Å²) in [5.74, 6) is 0.674. The summed E-state index contributed by atoms with van der Waals surface area (Å²) in [7, 11) is -3.45. The highest BCUT2D eigenvalue weighted by atomic mass is 32.2. The van der Waals surface area contributed by atoms with Crippen LogP contribution in [0.5, 0.6) is 0 Å². The minimum Gasteiger partial charge on any atom is -0.320 e. The predicted octanol–water partition coefficient (Wildman–Crippen LogP) is 0.529. The van der Waals surface area contributed by atoms with E-state index in [1.54, 1.807) is 4.90 Å². The first-order chi connectivity index (χ1) is 14.8. The zero-order valence-corrected chi connectivity index (χ0v) is 18.0. The fourth-order valence-corrected chi connectivity index (χ4v) is 3.96. The van der Waals surface area contributed by atoms with Crippen LogP contribution in [0.3, 0.4) is 0 Å². The highest BCUT2D eigenvalue weighted by Gasteiger charge is 2.24. The first-order valence-electron chi connectivity index (χ1n) is 9.67. The van der Waals surface area contributed by atoms with Gasteiger partial charge in [-0.15, -0.1) is 15.3 Å². The summed E-state index contributed by atoms with van der Waals surface area (Å²) in [4.78, 5) is 16.7. The first-order valence-corrected chi connectivity index (χ1v) is 11.6. The normalized spacial score (nSPS) is 15.2. The number of tetrazole rings is 1. The highest BCUT2D eigenvalue weighted by molar-refractivity contribution is 7.92. The molecule has 0 atom stereocenters. The average molecular weight is 446 g/mol. The van der Waals surface area contributed by atoms with E-state index in [2.05, 4.69) is 47.5 Å². The number of anilines is 1. The molecule has 3 aromatic rings. The lowest BCUT2D eigenvalue weighted by molar-refractivity contribution is 0.134. The summed E-state index contributed by atoms with van der Waals surface area (Å²) in [6.45, 7) is 5.19. The number of hydrogen-bond donors (Lipinski definition) is 2. The van der Waals surface area contributed by atoms with Crippen molar-refractivity contribution in [3.05, 3.63) is 41.6 Å². The van der Waals surface area contributed by atoms with E-state index in [1.807, 2.05) is 13.0 Å². The molecule has 1 aromatic carbocycles. The number of hydrogen-bond acceptors (Lipinski definition) is 8. The van der Waals surface area contributed by atoms with Gasteiger partial charge < -0.3 is 4.90 Å². The molecule has 0 spiro atoms. The Morgan fingerprint density at radius 1 is 1.19 bits per heavy atom. The standard InChI is InChI=1S/C18H23N9O3S/c1-13-3-4-14(15(11-13)17-19-23-24-20-17)12-25-7-9-26(10-8-25)18(28)27-6-5-16(21-27)22-31(2,29)30/h3-6,11H,7-10,12H2,1-2H3,(H,21,22)(H,19,20,23,24). The molecule has 31 heavy (non-hydrogen) atoms. The van der Waals surface area contributed by atoms with E-state index < -0.39 is 10.0 Å². The molecular weight excluding hydrogens is 422 g/mol. The molecule has 2 N–H and O–H groups in total. The number of aromatic amines is 1. The van der Waals surface area contributed by atoms with Gasteiger partial charge in [0.25, 0.3) is 0 Å². The summed E-state index contributed by atoms with van der Waals surface area (Å²) in [6.07, 6.45) is 2.48. The van der Waals surface area contributed by atoms with E-state index in [-0.39, 0.29) is 11.8 Å². The maximum atomic E-state index is 12.7. The number of amides is 1. The molecule has 1 fully saturated rings. The fraction of sp³-hybridized carbons (Fsp3) is 0.389. The van der Waals surface area contributed by atoms with Crippen LogP contribution in [0, 0.1) is 6.92 Å². The summed E-state index contributed by atoms with van der Waals surface area (Å²) in [6, 6.07) is 7.33. The van der Waals surface area contributed by atoms with Crippen molar-refractivity contribution in [1.82, 2.24) is 40.2 Å². The van der Waals surface area contributed by atoms with Gasteiger partial charge in [0.2, 0.25) is 15.8 Å². The fourth-order valence-electron chi connectivity index (χ4n) is 3.47. The molecule has 13 heteroatoms. The average Bonchev–Trinajstić information content (AvgIpc) is 3.40. The molecule has 2 aromatic heterocycles. The molecule has 0 bridgehead atoms. The van der Waals surface area contributed by atoms with E-state index in [9.17, 15) is 13.2 Å². The second-order valence-electron chi connectivity index (χ2n) is 7.46. The van der Waals surface area contributed by atoms with Crippen LogP contribution in [0.1, 0.15) is 11.1 Å². The zero-order valence-electron chi connectivity index (χ0n) is 17.2. The Bertz CT molecular complexity index is 1170. The van der Waals surface area contributed by atoms with Gasteiger partial charge in [-0.05, 0) is 23.8 Å². The van der Waals surface area contributed by atoms with Gasteiger partial charge in [-0.2, -0.15) is 9.90 Å². The molecular formula is C18H23N9O3S. The topological polar surface area (TPSA) is 142 Å². The smallest absolute Gasteiger partial charge is 0.320 e. The number of piperazine rings is 1. The van der Waals surface area contributed by atoms with Crippen LogP contribution in [-0.4, -0.2) is 87.1 Å². The molecule has 0 aliphatic carbocycles. The van der Waals surface area contributed by atoms with Crippen LogP contribution in [0.15, 0.2) is 30.5 Å². The predicted molar refractivity (Wildman–Crippen MR) is 113 cm³/mol. The largest absolute Gasteiger partial charge is 0.344 e. The van der Waals surface area contributed by atoms with Gasteiger partial charge in [0, 0.05) is 50.6 Å². The summed E-state index contributed by atoms with van der Waals surface area (Å²) < 4.78 is 26.0. The van der Waals surface area contributed by atoms with Gasteiger partial charge in [0.1, 0.15) is 0 Å². The van der Waals surface area contributed by atoms with E-state index in [0.29, 0.717) is 38.5 Å². The lowest BCUT2D eigenvalue weighted by Gasteiger charge is -2.34. The third kappa shape index (κ3) is 5.06. The Kier molecular flexibility index (Phi) is 5.69. The van der Waals surface area contributed by atoms with Gasteiger partial charge in [0.15, 0.2) is 5.82 Å². The molecule has 1 aliphatic heterocycles. The molecule has 164 valence electrons. The maximum absolute atomic E-state index is 12.7. The first kappa shape index (κ1) is 20.9. The molecule has 1 amide bonds. The highest BCUT2D eigenvalue weighted by Crippen LogP contribution is 2.23. The van der Waals surface area contributed by atoms with Crippen molar-refractivity contribution in [2.24, 2.45) is 0 Å². The Morgan fingerprint density at radius 3 is 2.65 bits per heavy atom. The summed E-state index contributed by atoms with van der Waals surface area (Å²) in [5, 5.41) is 18.4. The van der Waals surface area contributed by atoms with Crippen molar-refractivity contribution < 1.29 is 13.2 Å². The van der Waals surface area contributed by atoms with Crippen LogP contribution in [-0.2, 0) is 16.6 Å². The molecule has 4 rings (SSSR count). The van der Waals surface area contributed by atoms with E-state index in [4.69, 9.17) is 0 Å². The van der Waals surface area contributed by atoms with Gasteiger partial charge in [0.05, 0.1) is 6.26 Å². The van der Waals surface area contributed by atoms with Crippen molar-refractivity contribution in [2.75, 3.05) is 37.2 Å². The van der Waals surface area contributed by atoms with Gasteiger partial charge >= 0.3 is 6.03 Å². The SMILES string of the molecule is Cc1ccc(CN2CCN(C(=O)n3ccc(NS(C)(=O)=O)n3)CC2)c(-c2nn[nH]n2)c1. The van der Waals surface area contributed by atoms with Crippen molar-refractivity contribution in [3.63, 3.8) is 0 Å².